The zero-order valence-corrected chi connectivity index (χ0v) is 20.9. The molecule has 202 valence electrons. The number of hydrogen-bond donors (Lipinski definition) is 2. The number of nitro groups is 1. The van der Waals surface area contributed by atoms with Gasteiger partial charge in [-0.2, -0.15) is 0 Å². The Kier molecular flexibility index (Phi) is 8.15. The van der Waals surface area contributed by atoms with Crippen LogP contribution < -0.4 is 20.5 Å². The maximum Gasteiger partial charge on any atom is 0.273 e. The number of ether oxygens (including phenoxy) is 2. The van der Waals surface area contributed by atoms with Crippen molar-refractivity contribution in [3.63, 3.8) is 0 Å². The summed E-state index contributed by atoms with van der Waals surface area (Å²) < 4.78 is 44.2. The number of nitrogens with zero attached hydrogens (tertiary/aromatic N) is 2. The van der Waals surface area contributed by atoms with Crippen LogP contribution in [0.2, 0.25) is 0 Å². The second-order valence-electron chi connectivity index (χ2n) is 8.52. The molecule has 12 heteroatoms. The maximum absolute atomic E-state index is 14.0. The van der Waals surface area contributed by atoms with Crippen LogP contribution in [0, 0.1) is 21.7 Å². The number of hydrogen-bond acceptors (Lipinski definition) is 8. The number of carbonyl (C=O) groups excluding carboxylic acids is 1. The lowest BCUT2D eigenvalue weighted by atomic mass is 10.2. The SMILES string of the molecule is COc1ccc(-c2nc(C(=O)NCc3ccc(F)cc3F)c([C@H](C)N)o2)cc1OCc1ccc([N+](=O)[O-])cc1. The van der Waals surface area contributed by atoms with Gasteiger partial charge >= 0.3 is 0 Å². The van der Waals surface area contributed by atoms with Gasteiger partial charge in [0.05, 0.1) is 18.1 Å². The minimum Gasteiger partial charge on any atom is -0.493 e. The molecule has 39 heavy (non-hydrogen) atoms. The van der Waals surface area contributed by atoms with E-state index in [-0.39, 0.29) is 41.7 Å². The van der Waals surface area contributed by atoms with Crippen LogP contribution >= 0.6 is 0 Å². The van der Waals surface area contributed by atoms with Crippen molar-refractivity contribution >= 4 is 11.6 Å². The molecule has 1 heterocycles. The smallest absolute Gasteiger partial charge is 0.273 e. The Morgan fingerprint density at radius 3 is 2.51 bits per heavy atom. The van der Waals surface area contributed by atoms with Crippen LogP contribution in [0.25, 0.3) is 11.5 Å². The summed E-state index contributed by atoms with van der Waals surface area (Å²) in [6, 6.07) is 13.2. The number of oxazole rings is 1. The molecule has 0 fully saturated rings. The molecular formula is C27H24F2N4O6. The number of nitro benzene ring substituents is 1. The first-order valence-corrected chi connectivity index (χ1v) is 11.7. The number of benzene rings is 3. The molecule has 1 atom stereocenters. The summed E-state index contributed by atoms with van der Waals surface area (Å²) >= 11 is 0. The molecule has 4 aromatic rings. The zero-order chi connectivity index (χ0) is 28.1. The summed E-state index contributed by atoms with van der Waals surface area (Å²) in [5, 5.41) is 13.4. The number of methoxy groups -OCH3 is 1. The van der Waals surface area contributed by atoms with Gasteiger partial charge < -0.3 is 24.9 Å². The van der Waals surface area contributed by atoms with Crippen LogP contribution in [0.15, 0.2) is 65.1 Å². The molecule has 0 bridgehead atoms. The summed E-state index contributed by atoms with van der Waals surface area (Å²) in [6.07, 6.45) is 0. The average molecular weight is 539 g/mol. The molecule has 0 unspecified atom stereocenters. The number of nitrogens with two attached hydrogens (primary N) is 1. The molecule has 0 saturated carbocycles. The first-order chi connectivity index (χ1) is 18.7. The summed E-state index contributed by atoms with van der Waals surface area (Å²) in [7, 11) is 1.47. The fraction of sp³-hybridized carbons (Fsp3) is 0.185. The van der Waals surface area contributed by atoms with Crippen molar-refractivity contribution in [1.29, 1.82) is 0 Å². The highest BCUT2D eigenvalue weighted by Crippen LogP contribution is 2.34. The Morgan fingerprint density at radius 1 is 1.13 bits per heavy atom. The first-order valence-electron chi connectivity index (χ1n) is 11.7. The minimum absolute atomic E-state index is 0.0326. The van der Waals surface area contributed by atoms with Gasteiger partial charge in [-0.25, -0.2) is 13.8 Å². The van der Waals surface area contributed by atoms with Crippen molar-refractivity contribution in [2.45, 2.75) is 26.1 Å². The molecule has 1 aromatic heterocycles. The van der Waals surface area contributed by atoms with Crippen LogP contribution in [-0.4, -0.2) is 22.9 Å². The standard InChI is InChI=1S/C27H24F2N4O6/c1-15(30)25-24(26(34)31-13-18-5-7-19(28)12-21(18)29)32-27(39-25)17-6-10-22(37-2)23(11-17)38-14-16-3-8-20(9-4-16)33(35)36/h3-12,15H,13-14,30H2,1-2H3,(H,31,34)/t15-/m0/s1. The molecule has 0 spiro atoms. The Balaban J connectivity index is 1.55. The minimum atomic E-state index is -0.789. The summed E-state index contributed by atoms with van der Waals surface area (Å²) in [6.45, 7) is 1.52. The van der Waals surface area contributed by atoms with Gasteiger partial charge in [-0.05, 0) is 48.9 Å². The Labute approximate surface area is 221 Å². The second kappa shape index (κ2) is 11.7. The van der Waals surface area contributed by atoms with E-state index in [0.717, 1.165) is 12.1 Å². The lowest BCUT2D eigenvalue weighted by Crippen LogP contribution is -2.25. The molecule has 3 N–H and O–H groups in total. The number of halogens is 2. The zero-order valence-electron chi connectivity index (χ0n) is 20.9. The Bertz CT molecular complexity index is 1500. The quantitative estimate of drug-likeness (QED) is 0.211. The van der Waals surface area contributed by atoms with Gasteiger partial charge in [0, 0.05) is 35.9 Å². The summed E-state index contributed by atoms with van der Waals surface area (Å²) in [4.78, 5) is 27.6. The lowest BCUT2D eigenvalue weighted by Gasteiger charge is -2.11. The van der Waals surface area contributed by atoms with E-state index in [1.165, 1.54) is 25.3 Å². The van der Waals surface area contributed by atoms with Gasteiger partial charge in [0.25, 0.3) is 11.6 Å². The molecule has 0 saturated heterocycles. The molecule has 1 amide bonds. The highest BCUT2D eigenvalue weighted by atomic mass is 19.1. The first kappa shape index (κ1) is 27.2. The van der Waals surface area contributed by atoms with E-state index in [4.69, 9.17) is 19.6 Å². The number of aromatic nitrogens is 1. The highest BCUT2D eigenvalue weighted by Gasteiger charge is 2.24. The molecule has 4 rings (SSSR count). The van der Waals surface area contributed by atoms with Crippen molar-refractivity contribution < 1.29 is 32.4 Å². The number of carbonyl (C=O) groups is 1. The lowest BCUT2D eigenvalue weighted by molar-refractivity contribution is -0.384. The van der Waals surface area contributed by atoms with E-state index in [1.807, 2.05) is 0 Å². The normalized spacial score (nSPS) is 11.6. The van der Waals surface area contributed by atoms with E-state index in [0.29, 0.717) is 22.6 Å². The topological polar surface area (TPSA) is 143 Å². The molecule has 0 aliphatic heterocycles. The predicted octanol–water partition coefficient (Wildman–Crippen LogP) is 5.07. The van der Waals surface area contributed by atoms with Crippen molar-refractivity contribution in [2.75, 3.05) is 7.11 Å². The van der Waals surface area contributed by atoms with Gasteiger partial charge in [0.15, 0.2) is 23.0 Å². The molecule has 10 nitrogen and oxygen atoms in total. The average Bonchev–Trinajstić information content (AvgIpc) is 3.37. The van der Waals surface area contributed by atoms with E-state index >= 15 is 0 Å². The maximum atomic E-state index is 14.0. The monoisotopic (exact) mass is 538 g/mol. The molecule has 0 aliphatic carbocycles. The van der Waals surface area contributed by atoms with E-state index in [2.05, 4.69) is 10.3 Å². The van der Waals surface area contributed by atoms with Crippen LogP contribution in [0.5, 0.6) is 11.5 Å². The number of amides is 1. The number of non-ortho nitro benzene ring substituents is 1. The van der Waals surface area contributed by atoms with Crippen molar-refractivity contribution in [3.05, 3.63) is 105 Å². The van der Waals surface area contributed by atoms with E-state index in [1.54, 1.807) is 37.3 Å². The van der Waals surface area contributed by atoms with Gasteiger partial charge in [0.1, 0.15) is 18.2 Å². The highest BCUT2D eigenvalue weighted by molar-refractivity contribution is 5.94. The largest absolute Gasteiger partial charge is 0.493 e. The molecule has 3 aromatic carbocycles. The molecular weight excluding hydrogens is 514 g/mol. The van der Waals surface area contributed by atoms with Gasteiger partial charge in [-0.3, -0.25) is 14.9 Å². The van der Waals surface area contributed by atoms with Crippen LogP contribution in [0.1, 0.15) is 40.3 Å². The summed E-state index contributed by atoms with van der Waals surface area (Å²) in [5.74, 6) is -1.20. The third-order valence-corrected chi connectivity index (χ3v) is 5.69. The van der Waals surface area contributed by atoms with Gasteiger partial charge in [-0.1, -0.05) is 6.07 Å². The van der Waals surface area contributed by atoms with Crippen LogP contribution in [0.4, 0.5) is 14.5 Å². The van der Waals surface area contributed by atoms with Crippen molar-refractivity contribution in [1.82, 2.24) is 10.3 Å². The van der Waals surface area contributed by atoms with Crippen molar-refractivity contribution in [2.24, 2.45) is 5.73 Å². The van der Waals surface area contributed by atoms with E-state index in [9.17, 15) is 23.7 Å². The van der Waals surface area contributed by atoms with Crippen molar-refractivity contribution in [3.8, 4) is 23.0 Å². The fourth-order valence-corrected chi connectivity index (χ4v) is 3.65. The predicted molar refractivity (Wildman–Crippen MR) is 136 cm³/mol. The van der Waals surface area contributed by atoms with Crippen LogP contribution in [0.3, 0.4) is 0 Å². The number of rotatable bonds is 10. The third-order valence-electron chi connectivity index (χ3n) is 5.69. The molecule has 0 radical (unpaired) electrons. The fourth-order valence-electron chi connectivity index (χ4n) is 3.65. The van der Waals surface area contributed by atoms with Crippen LogP contribution in [-0.2, 0) is 13.2 Å². The molecule has 0 aliphatic rings. The third kappa shape index (κ3) is 6.36. The second-order valence-corrected chi connectivity index (χ2v) is 8.52. The summed E-state index contributed by atoms with van der Waals surface area (Å²) in [5.41, 5.74) is 7.15. The van der Waals surface area contributed by atoms with Gasteiger partial charge in [0.2, 0.25) is 5.89 Å². The van der Waals surface area contributed by atoms with Gasteiger partial charge in [-0.15, -0.1) is 0 Å². The van der Waals surface area contributed by atoms with E-state index < -0.39 is 28.5 Å². The number of nitrogens with one attached hydrogen (secondary N) is 1. The Hall–Kier alpha value is -4.84. The Morgan fingerprint density at radius 2 is 1.87 bits per heavy atom.